The van der Waals surface area contributed by atoms with E-state index in [1.54, 1.807) is 24.0 Å². The van der Waals surface area contributed by atoms with Crippen molar-refractivity contribution in [1.29, 1.82) is 0 Å². The Balaban J connectivity index is 1.77. The van der Waals surface area contributed by atoms with Gasteiger partial charge in [-0.25, -0.2) is 9.37 Å². The smallest absolute Gasteiger partial charge is 0.261 e. The Kier molecular flexibility index (Phi) is 9.33. The molecule has 4 N–H and O–H groups in total. The average Bonchev–Trinajstić information content (AvgIpc) is 2.86. The van der Waals surface area contributed by atoms with Crippen LogP contribution < -0.4 is 26.0 Å². The maximum absolute atomic E-state index is 14.4. The lowest BCUT2D eigenvalue weighted by atomic mass is 10.1. The van der Waals surface area contributed by atoms with Crippen LogP contribution in [0.2, 0.25) is 0 Å². The molecule has 0 radical (unpaired) electrons. The molecule has 2 unspecified atom stereocenters. The molecule has 2 atom stereocenters. The highest BCUT2D eigenvalue weighted by Crippen LogP contribution is 2.28. The van der Waals surface area contributed by atoms with E-state index in [1.165, 1.54) is 6.07 Å². The van der Waals surface area contributed by atoms with E-state index in [1.807, 2.05) is 56.6 Å². The summed E-state index contributed by atoms with van der Waals surface area (Å²) in [4.78, 5) is 19.3. The number of thiol groups is 1. The van der Waals surface area contributed by atoms with E-state index in [0.717, 1.165) is 5.56 Å². The van der Waals surface area contributed by atoms with Crippen molar-refractivity contribution >= 4 is 29.9 Å². The molecule has 35 heavy (non-hydrogen) atoms. The first-order chi connectivity index (χ1) is 16.8. The molecule has 0 fully saturated rings. The number of nitrogens with two attached hydrogens (primary N) is 1. The van der Waals surface area contributed by atoms with Gasteiger partial charge in [0.05, 0.1) is 11.4 Å². The summed E-state index contributed by atoms with van der Waals surface area (Å²) in [6.45, 7) is 2.13. The van der Waals surface area contributed by atoms with Gasteiger partial charge in [0.1, 0.15) is 5.82 Å². The molecule has 1 heterocycles. The number of ether oxygens (including phenoxy) is 1. The van der Waals surface area contributed by atoms with E-state index in [2.05, 4.69) is 28.2 Å². The van der Waals surface area contributed by atoms with Gasteiger partial charge in [-0.05, 0) is 31.2 Å². The SMILES string of the molecule is CC(Oc1nc(-c2ccccc2)ccc1NCC(N)CS)C(=O)NCc1c(F)cccc1N(C)C. The Labute approximate surface area is 211 Å². The Morgan fingerprint density at radius 2 is 1.89 bits per heavy atom. The van der Waals surface area contributed by atoms with Gasteiger partial charge in [0.2, 0.25) is 5.88 Å². The summed E-state index contributed by atoms with van der Waals surface area (Å²) >= 11 is 4.22. The molecule has 0 bridgehead atoms. The number of anilines is 2. The highest BCUT2D eigenvalue weighted by Gasteiger charge is 2.20. The van der Waals surface area contributed by atoms with Gasteiger partial charge in [-0.2, -0.15) is 12.6 Å². The van der Waals surface area contributed by atoms with Gasteiger partial charge in [0, 0.05) is 55.8 Å². The van der Waals surface area contributed by atoms with E-state index in [4.69, 9.17) is 10.5 Å². The number of pyridine rings is 1. The number of benzene rings is 2. The van der Waals surface area contributed by atoms with Gasteiger partial charge in [0.15, 0.2) is 6.10 Å². The molecule has 7 nitrogen and oxygen atoms in total. The van der Waals surface area contributed by atoms with Gasteiger partial charge >= 0.3 is 0 Å². The minimum Gasteiger partial charge on any atom is -0.463 e. The number of carbonyl (C=O) groups is 1. The van der Waals surface area contributed by atoms with Crippen molar-refractivity contribution in [3.05, 3.63) is 72.0 Å². The first-order valence-corrected chi connectivity index (χ1v) is 12.0. The molecule has 1 amide bonds. The second kappa shape index (κ2) is 12.4. The fourth-order valence-corrected chi connectivity index (χ4v) is 3.55. The van der Waals surface area contributed by atoms with Crippen LogP contribution in [-0.2, 0) is 11.3 Å². The molecule has 0 aliphatic rings. The number of nitrogens with zero attached hydrogens (tertiary/aromatic N) is 2. The average molecular weight is 498 g/mol. The molecule has 3 aromatic rings. The van der Waals surface area contributed by atoms with Crippen molar-refractivity contribution < 1.29 is 13.9 Å². The second-order valence-corrected chi connectivity index (χ2v) is 8.71. The van der Waals surface area contributed by atoms with Gasteiger partial charge < -0.3 is 26.0 Å². The summed E-state index contributed by atoms with van der Waals surface area (Å²) in [5.41, 5.74) is 9.33. The van der Waals surface area contributed by atoms with Gasteiger partial charge in [-0.3, -0.25) is 4.79 Å². The Morgan fingerprint density at radius 3 is 2.57 bits per heavy atom. The second-order valence-electron chi connectivity index (χ2n) is 8.35. The maximum Gasteiger partial charge on any atom is 0.261 e. The number of carbonyl (C=O) groups excluding carboxylic acids is 1. The van der Waals surface area contributed by atoms with Crippen LogP contribution in [0.25, 0.3) is 11.3 Å². The van der Waals surface area contributed by atoms with Gasteiger partial charge in [-0.1, -0.05) is 36.4 Å². The van der Waals surface area contributed by atoms with Crippen LogP contribution in [0.1, 0.15) is 12.5 Å². The summed E-state index contributed by atoms with van der Waals surface area (Å²) in [6, 6.07) is 18.1. The number of nitrogens with one attached hydrogen (secondary N) is 2. The molecule has 1 aromatic heterocycles. The number of amides is 1. The molecule has 0 aliphatic carbocycles. The fraction of sp³-hybridized carbons (Fsp3) is 0.308. The van der Waals surface area contributed by atoms with Crippen LogP contribution >= 0.6 is 12.6 Å². The quantitative estimate of drug-likeness (QED) is 0.302. The van der Waals surface area contributed by atoms with E-state index in [9.17, 15) is 9.18 Å². The Hall–Kier alpha value is -3.30. The van der Waals surface area contributed by atoms with E-state index in [-0.39, 0.29) is 30.2 Å². The molecule has 186 valence electrons. The number of rotatable bonds is 11. The lowest BCUT2D eigenvalue weighted by Crippen LogP contribution is -2.37. The predicted molar refractivity (Wildman–Crippen MR) is 143 cm³/mol. The van der Waals surface area contributed by atoms with Crippen LogP contribution in [0.4, 0.5) is 15.8 Å². The number of hydrogen-bond donors (Lipinski definition) is 4. The van der Waals surface area contributed by atoms with E-state index in [0.29, 0.717) is 34.9 Å². The molecular formula is C26H32FN5O2S. The Bertz CT molecular complexity index is 1130. The van der Waals surface area contributed by atoms with Crippen LogP contribution in [0, 0.1) is 5.82 Å². The van der Waals surface area contributed by atoms with Crippen LogP contribution in [0.15, 0.2) is 60.7 Å². The first-order valence-electron chi connectivity index (χ1n) is 11.4. The largest absolute Gasteiger partial charge is 0.463 e. The number of aromatic nitrogens is 1. The van der Waals surface area contributed by atoms with Crippen LogP contribution in [-0.4, -0.2) is 49.4 Å². The zero-order chi connectivity index (χ0) is 25.4. The van der Waals surface area contributed by atoms with Crippen molar-refractivity contribution in [3.8, 4) is 17.1 Å². The third-order valence-corrected chi connectivity index (χ3v) is 5.86. The number of hydrogen-bond acceptors (Lipinski definition) is 7. The highest BCUT2D eigenvalue weighted by atomic mass is 32.1. The third-order valence-electron chi connectivity index (χ3n) is 5.39. The van der Waals surface area contributed by atoms with E-state index < -0.39 is 6.10 Å². The summed E-state index contributed by atoms with van der Waals surface area (Å²) in [5, 5.41) is 6.00. The van der Waals surface area contributed by atoms with Crippen LogP contribution in [0.3, 0.4) is 0 Å². The monoisotopic (exact) mass is 497 g/mol. The molecule has 0 spiro atoms. The number of halogens is 1. The molecule has 2 aromatic carbocycles. The van der Waals surface area contributed by atoms with Gasteiger partial charge in [0.25, 0.3) is 5.91 Å². The van der Waals surface area contributed by atoms with Crippen molar-refractivity contribution in [2.24, 2.45) is 5.73 Å². The summed E-state index contributed by atoms with van der Waals surface area (Å²) < 4.78 is 20.4. The van der Waals surface area contributed by atoms with Crippen LogP contribution in [0.5, 0.6) is 5.88 Å². The highest BCUT2D eigenvalue weighted by molar-refractivity contribution is 7.80. The molecule has 0 saturated heterocycles. The molecule has 3 rings (SSSR count). The van der Waals surface area contributed by atoms with Crippen molar-refractivity contribution in [3.63, 3.8) is 0 Å². The topological polar surface area (TPSA) is 92.5 Å². The predicted octanol–water partition coefficient (Wildman–Crippen LogP) is 3.71. The Morgan fingerprint density at radius 1 is 1.14 bits per heavy atom. The van der Waals surface area contributed by atoms with E-state index >= 15 is 0 Å². The lowest BCUT2D eigenvalue weighted by molar-refractivity contribution is -0.127. The van der Waals surface area contributed by atoms with Crippen molar-refractivity contribution in [2.45, 2.75) is 25.6 Å². The molecule has 0 saturated carbocycles. The third kappa shape index (κ3) is 7.10. The summed E-state index contributed by atoms with van der Waals surface area (Å²) in [5.74, 6) is 0.0279. The fourth-order valence-electron chi connectivity index (χ4n) is 3.42. The summed E-state index contributed by atoms with van der Waals surface area (Å²) in [7, 11) is 3.65. The maximum atomic E-state index is 14.4. The zero-order valence-corrected chi connectivity index (χ0v) is 21.1. The minimum absolute atomic E-state index is 0.0338. The summed E-state index contributed by atoms with van der Waals surface area (Å²) in [6.07, 6.45) is -0.873. The van der Waals surface area contributed by atoms with Gasteiger partial charge in [-0.15, -0.1) is 0 Å². The standard InChI is InChI=1S/C26H32FN5O2S/c1-17(25(33)30-15-20-21(27)10-7-11-24(20)32(2)3)34-26-23(29-14-19(28)16-35)13-12-22(31-26)18-8-5-4-6-9-18/h4-13,17,19,29,35H,14-16,28H2,1-3H3,(H,30,33). The normalized spacial score (nSPS) is 12.5. The van der Waals surface area contributed by atoms with Crippen molar-refractivity contribution in [1.82, 2.24) is 10.3 Å². The minimum atomic E-state index is -0.873. The lowest BCUT2D eigenvalue weighted by Gasteiger charge is -2.21. The molecule has 0 aliphatic heterocycles. The first kappa shape index (κ1) is 26.3. The molecular weight excluding hydrogens is 465 g/mol. The van der Waals surface area contributed by atoms with Crippen molar-refractivity contribution in [2.75, 3.05) is 36.6 Å². The zero-order valence-electron chi connectivity index (χ0n) is 20.2. The molecule has 9 heteroatoms.